The molecule has 0 radical (unpaired) electrons. The van der Waals surface area contributed by atoms with Crippen molar-refractivity contribution in [1.29, 1.82) is 0 Å². The van der Waals surface area contributed by atoms with Crippen LogP contribution in [0.5, 0.6) is 0 Å². The van der Waals surface area contributed by atoms with Crippen LogP contribution in [0.2, 0.25) is 0 Å². The second-order valence-electron chi connectivity index (χ2n) is 4.05. The predicted molar refractivity (Wildman–Crippen MR) is 73.7 cm³/mol. The standard InChI is InChI=1S/C14H14BrNO2/c1-10-5-6-13(18-10)14(17)16-9-12-4-2-3-11(7-12)8-15/h2-7H,8-9H2,1H3,(H,16,17). The molecule has 0 saturated heterocycles. The first-order valence-electron chi connectivity index (χ1n) is 5.67. The van der Waals surface area contributed by atoms with Gasteiger partial charge in [0.25, 0.3) is 5.91 Å². The SMILES string of the molecule is Cc1ccc(C(=O)NCc2cccc(CBr)c2)o1. The quantitative estimate of drug-likeness (QED) is 0.880. The second kappa shape index (κ2) is 5.87. The third kappa shape index (κ3) is 3.23. The van der Waals surface area contributed by atoms with Crippen LogP contribution < -0.4 is 5.32 Å². The van der Waals surface area contributed by atoms with Crippen molar-refractivity contribution < 1.29 is 9.21 Å². The lowest BCUT2D eigenvalue weighted by Crippen LogP contribution is -2.22. The first-order chi connectivity index (χ1) is 8.69. The van der Waals surface area contributed by atoms with Gasteiger partial charge in [-0.1, -0.05) is 40.2 Å². The number of benzene rings is 1. The van der Waals surface area contributed by atoms with Gasteiger partial charge in [-0.15, -0.1) is 0 Å². The minimum absolute atomic E-state index is 0.188. The van der Waals surface area contributed by atoms with Gasteiger partial charge in [-0.2, -0.15) is 0 Å². The van der Waals surface area contributed by atoms with Crippen molar-refractivity contribution in [3.05, 3.63) is 59.0 Å². The molecule has 4 heteroatoms. The van der Waals surface area contributed by atoms with E-state index in [0.29, 0.717) is 12.3 Å². The fourth-order valence-corrected chi connectivity index (χ4v) is 2.00. The van der Waals surface area contributed by atoms with E-state index in [2.05, 4.69) is 27.3 Å². The molecule has 0 aliphatic heterocycles. The Hall–Kier alpha value is -1.55. The Bertz CT molecular complexity index is 548. The minimum Gasteiger partial charge on any atom is -0.456 e. The van der Waals surface area contributed by atoms with E-state index < -0.39 is 0 Å². The molecule has 0 saturated carbocycles. The van der Waals surface area contributed by atoms with Crippen LogP contribution in [0.1, 0.15) is 27.4 Å². The lowest BCUT2D eigenvalue weighted by molar-refractivity contribution is 0.0922. The van der Waals surface area contributed by atoms with Crippen LogP contribution in [0.4, 0.5) is 0 Å². The Kier molecular flexibility index (Phi) is 4.20. The zero-order valence-corrected chi connectivity index (χ0v) is 11.7. The maximum atomic E-state index is 11.8. The molecule has 0 fully saturated rings. The van der Waals surface area contributed by atoms with Crippen LogP contribution in [0.25, 0.3) is 0 Å². The average molecular weight is 308 g/mol. The largest absolute Gasteiger partial charge is 0.456 e. The van der Waals surface area contributed by atoms with Crippen LogP contribution >= 0.6 is 15.9 Å². The van der Waals surface area contributed by atoms with Crippen molar-refractivity contribution in [2.24, 2.45) is 0 Å². The van der Waals surface area contributed by atoms with E-state index in [4.69, 9.17) is 4.42 Å². The first kappa shape index (κ1) is 12.9. The summed E-state index contributed by atoms with van der Waals surface area (Å²) in [4.78, 5) is 11.8. The number of hydrogen-bond acceptors (Lipinski definition) is 2. The van der Waals surface area contributed by atoms with Gasteiger partial charge in [0.15, 0.2) is 5.76 Å². The van der Waals surface area contributed by atoms with E-state index in [0.717, 1.165) is 16.7 Å². The van der Waals surface area contributed by atoms with E-state index in [-0.39, 0.29) is 5.91 Å². The Balaban J connectivity index is 1.97. The zero-order chi connectivity index (χ0) is 13.0. The number of aryl methyl sites for hydroxylation is 1. The molecule has 1 amide bonds. The maximum Gasteiger partial charge on any atom is 0.287 e. The number of carbonyl (C=O) groups is 1. The number of nitrogens with one attached hydrogen (secondary N) is 1. The number of carbonyl (C=O) groups excluding carboxylic acids is 1. The van der Waals surface area contributed by atoms with Gasteiger partial charge in [0.1, 0.15) is 5.76 Å². The van der Waals surface area contributed by atoms with Gasteiger partial charge in [-0.25, -0.2) is 0 Å². The van der Waals surface area contributed by atoms with E-state index in [9.17, 15) is 4.79 Å². The second-order valence-corrected chi connectivity index (χ2v) is 4.61. The van der Waals surface area contributed by atoms with Gasteiger partial charge in [-0.3, -0.25) is 4.79 Å². The fourth-order valence-electron chi connectivity index (χ4n) is 1.65. The molecule has 0 bridgehead atoms. The van der Waals surface area contributed by atoms with Crippen LogP contribution in [-0.4, -0.2) is 5.91 Å². The summed E-state index contributed by atoms with van der Waals surface area (Å²) >= 11 is 3.41. The molecule has 3 nitrogen and oxygen atoms in total. The number of halogens is 1. The highest BCUT2D eigenvalue weighted by atomic mass is 79.9. The summed E-state index contributed by atoms with van der Waals surface area (Å²) < 4.78 is 5.26. The van der Waals surface area contributed by atoms with Crippen molar-refractivity contribution in [3.8, 4) is 0 Å². The molecule has 0 unspecified atom stereocenters. The van der Waals surface area contributed by atoms with Gasteiger partial charge >= 0.3 is 0 Å². The van der Waals surface area contributed by atoms with E-state index in [1.165, 1.54) is 5.56 Å². The topological polar surface area (TPSA) is 42.2 Å². The molecule has 1 N–H and O–H groups in total. The molecule has 1 aromatic carbocycles. The first-order valence-corrected chi connectivity index (χ1v) is 6.79. The molecule has 0 spiro atoms. The van der Waals surface area contributed by atoms with Crippen LogP contribution in [0.3, 0.4) is 0 Å². The smallest absolute Gasteiger partial charge is 0.287 e. The zero-order valence-electron chi connectivity index (χ0n) is 10.1. The van der Waals surface area contributed by atoms with Gasteiger partial charge in [0.05, 0.1) is 0 Å². The van der Waals surface area contributed by atoms with E-state index in [1.54, 1.807) is 12.1 Å². The monoisotopic (exact) mass is 307 g/mol. The fraction of sp³-hybridized carbons (Fsp3) is 0.214. The number of amides is 1. The molecular formula is C14H14BrNO2. The van der Waals surface area contributed by atoms with Gasteiger partial charge in [0.2, 0.25) is 0 Å². The summed E-state index contributed by atoms with van der Waals surface area (Å²) in [5, 5.41) is 3.64. The highest BCUT2D eigenvalue weighted by Gasteiger charge is 2.09. The molecule has 1 heterocycles. The van der Waals surface area contributed by atoms with Crippen molar-refractivity contribution >= 4 is 21.8 Å². The van der Waals surface area contributed by atoms with Gasteiger partial charge in [0, 0.05) is 11.9 Å². The highest BCUT2D eigenvalue weighted by Crippen LogP contribution is 2.10. The molecule has 18 heavy (non-hydrogen) atoms. The maximum absolute atomic E-state index is 11.8. The summed E-state index contributed by atoms with van der Waals surface area (Å²) in [5.41, 5.74) is 2.26. The minimum atomic E-state index is -0.188. The summed E-state index contributed by atoms with van der Waals surface area (Å²) in [5.74, 6) is 0.901. The highest BCUT2D eigenvalue weighted by molar-refractivity contribution is 9.08. The third-order valence-corrected chi connectivity index (χ3v) is 3.21. The van der Waals surface area contributed by atoms with Crippen LogP contribution in [0, 0.1) is 6.92 Å². The molecule has 0 aliphatic rings. The predicted octanol–water partition coefficient (Wildman–Crippen LogP) is 3.41. The molecule has 0 aliphatic carbocycles. The molecule has 2 aromatic rings. The molecule has 2 rings (SSSR count). The lowest BCUT2D eigenvalue weighted by Gasteiger charge is -2.05. The van der Waals surface area contributed by atoms with Crippen LogP contribution in [-0.2, 0) is 11.9 Å². The Morgan fingerprint density at radius 2 is 2.06 bits per heavy atom. The van der Waals surface area contributed by atoms with Gasteiger partial charge < -0.3 is 9.73 Å². The Labute approximate surface area is 114 Å². The Morgan fingerprint density at radius 3 is 2.72 bits per heavy atom. The number of furan rings is 1. The van der Waals surface area contributed by atoms with Crippen molar-refractivity contribution in [2.75, 3.05) is 0 Å². The molecular weight excluding hydrogens is 294 g/mol. The number of hydrogen-bond donors (Lipinski definition) is 1. The molecule has 94 valence electrons. The van der Waals surface area contributed by atoms with Crippen molar-refractivity contribution in [1.82, 2.24) is 5.32 Å². The third-order valence-electron chi connectivity index (χ3n) is 2.56. The summed E-state index contributed by atoms with van der Waals surface area (Å²) in [6, 6.07) is 11.5. The molecule has 0 atom stereocenters. The summed E-state index contributed by atoms with van der Waals surface area (Å²) in [7, 11) is 0. The van der Waals surface area contributed by atoms with Crippen molar-refractivity contribution in [3.63, 3.8) is 0 Å². The van der Waals surface area contributed by atoms with Crippen LogP contribution in [0.15, 0.2) is 40.8 Å². The number of alkyl halides is 1. The van der Waals surface area contributed by atoms with E-state index in [1.807, 2.05) is 25.1 Å². The normalized spacial score (nSPS) is 10.3. The van der Waals surface area contributed by atoms with Gasteiger partial charge in [-0.05, 0) is 30.2 Å². The Morgan fingerprint density at radius 1 is 1.28 bits per heavy atom. The average Bonchev–Trinajstić information content (AvgIpc) is 2.83. The lowest BCUT2D eigenvalue weighted by atomic mass is 10.1. The number of rotatable bonds is 4. The van der Waals surface area contributed by atoms with E-state index >= 15 is 0 Å². The van der Waals surface area contributed by atoms with Crippen molar-refractivity contribution in [2.45, 2.75) is 18.8 Å². The summed E-state index contributed by atoms with van der Waals surface area (Å²) in [6.45, 7) is 2.32. The molecule has 1 aromatic heterocycles. The summed E-state index contributed by atoms with van der Waals surface area (Å²) in [6.07, 6.45) is 0.